The third kappa shape index (κ3) is 5.76. The highest BCUT2D eigenvalue weighted by Gasteiger charge is 2.45. The first-order valence-corrected chi connectivity index (χ1v) is 15.2. The standard InChI is InChI=1S/C30H41FN6O4/c1-20-17-32-10-15-36(20)18-21-6-11-34(12-7-21)19-30(31)8-13-35(14-9-30)22-2-3-23-24(16-22)29(41)37(28(23)40)25-4-5-26(38)33-27(25)39/h2-3,16,20-21,25,32H,4-15,17-19H2,1H3,(H,33,38,39)/t20-,25?/m0/s1. The number of piperazine rings is 1. The van der Waals surface area contributed by atoms with Gasteiger partial charge in [-0.1, -0.05) is 0 Å². The van der Waals surface area contributed by atoms with Crippen molar-refractivity contribution >= 4 is 29.3 Å². The average Bonchev–Trinajstić information content (AvgIpc) is 3.20. The van der Waals surface area contributed by atoms with Gasteiger partial charge in [0.15, 0.2) is 0 Å². The minimum absolute atomic E-state index is 0.0849. The van der Waals surface area contributed by atoms with Crippen LogP contribution in [0.4, 0.5) is 10.1 Å². The van der Waals surface area contributed by atoms with Crippen LogP contribution in [0.1, 0.15) is 66.2 Å². The van der Waals surface area contributed by atoms with Gasteiger partial charge in [0.1, 0.15) is 11.7 Å². The second-order valence-corrected chi connectivity index (χ2v) is 12.6. The number of benzene rings is 1. The molecule has 0 saturated carbocycles. The maximum absolute atomic E-state index is 16.0. The number of carbonyl (C=O) groups excluding carboxylic acids is 4. The molecule has 1 aromatic carbocycles. The Morgan fingerprint density at radius 1 is 0.951 bits per heavy atom. The molecule has 5 aliphatic rings. The van der Waals surface area contributed by atoms with E-state index in [4.69, 9.17) is 0 Å². The van der Waals surface area contributed by atoms with E-state index < -0.39 is 35.3 Å². The molecule has 41 heavy (non-hydrogen) atoms. The molecule has 0 bridgehead atoms. The van der Waals surface area contributed by atoms with Crippen molar-refractivity contribution in [2.45, 2.75) is 63.2 Å². The molecule has 11 heteroatoms. The molecular formula is C30H41FN6O4. The number of halogens is 1. The summed E-state index contributed by atoms with van der Waals surface area (Å²) in [5, 5.41) is 5.67. The molecule has 1 unspecified atom stereocenters. The molecule has 5 aliphatic heterocycles. The van der Waals surface area contributed by atoms with Crippen LogP contribution in [-0.4, -0.2) is 115 Å². The average molecular weight is 569 g/mol. The van der Waals surface area contributed by atoms with Gasteiger partial charge >= 0.3 is 0 Å². The molecule has 6 rings (SSSR count). The quantitative estimate of drug-likeness (QED) is 0.497. The molecule has 4 fully saturated rings. The minimum Gasteiger partial charge on any atom is -0.371 e. The van der Waals surface area contributed by atoms with Crippen LogP contribution in [0.2, 0.25) is 0 Å². The van der Waals surface area contributed by atoms with E-state index in [-0.39, 0.29) is 24.0 Å². The predicted molar refractivity (Wildman–Crippen MR) is 151 cm³/mol. The lowest BCUT2D eigenvalue weighted by atomic mass is 9.89. The van der Waals surface area contributed by atoms with Crippen molar-refractivity contribution in [2.75, 3.05) is 63.8 Å². The van der Waals surface area contributed by atoms with E-state index in [1.807, 2.05) is 0 Å². The molecule has 2 atom stereocenters. The number of hydrogen-bond acceptors (Lipinski definition) is 8. The van der Waals surface area contributed by atoms with Crippen molar-refractivity contribution in [3.05, 3.63) is 29.3 Å². The Hall–Kier alpha value is -2.89. The number of fused-ring (bicyclic) bond motifs is 1. The van der Waals surface area contributed by atoms with E-state index in [0.717, 1.165) is 62.7 Å². The second-order valence-electron chi connectivity index (χ2n) is 12.6. The zero-order valence-electron chi connectivity index (χ0n) is 23.9. The van der Waals surface area contributed by atoms with Gasteiger partial charge in [-0.3, -0.25) is 34.3 Å². The molecule has 0 radical (unpaired) electrons. The van der Waals surface area contributed by atoms with E-state index in [1.54, 1.807) is 18.2 Å². The monoisotopic (exact) mass is 568 g/mol. The number of alkyl halides is 1. The topological polar surface area (TPSA) is 105 Å². The summed E-state index contributed by atoms with van der Waals surface area (Å²) >= 11 is 0. The van der Waals surface area contributed by atoms with Crippen LogP contribution in [0, 0.1) is 5.92 Å². The van der Waals surface area contributed by atoms with Gasteiger partial charge in [0, 0.05) is 76.8 Å². The van der Waals surface area contributed by atoms with E-state index in [1.165, 1.54) is 0 Å². The van der Waals surface area contributed by atoms with Gasteiger partial charge in [0.05, 0.1) is 11.1 Å². The van der Waals surface area contributed by atoms with Crippen molar-refractivity contribution in [1.82, 2.24) is 25.3 Å². The normalized spacial score (nSPS) is 28.2. The van der Waals surface area contributed by atoms with Crippen molar-refractivity contribution in [3.63, 3.8) is 0 Å². The van der Waals surface area contributed by atoms with Gasteiger partial charge in [0.2, 0.25) is 11.8 Å². The van der Waals surface area contributed by atoms with Crippen LogP contribution in [0.15, 0.2) is 18.2 Å². The van der Waals surface area contributed by atoms with Crippen LogP contribution in [0.5, 0.6) is 0 Å². The smallest absolute Gasteiger partial charge is 0.262 e. The lowest BCUT2D eigenvalue weighted by molar-refractivity contribution is -0.136. The van der Waals surface area contributed by atoms with E-state index in [2.05, 4.69) is 32.3 Å². The fraction of sp³-hybridized carbons (Fsp3) is 0.667. The molecule has 1 aromatic rings. The Balaban J connectivity index is 1.02. The van der Waals surface area contributed by atoms with Crippen molar-refractivity contribution in [1.29, 1.82) is 0 Å². The molecule has 0 aromatic heterocycles. The SMILES string of the molecule is C[C@H]1CNCCN1CC1CCN(CC2(F)CCN(c3ccc4c(c3)C(=O)N(C3CCC(=O)NC3=O)C4=O)CC2)CC1. The number of nitrogens with zero attached hydrogens (tertiary/aromatic N) is 4. The number of rotatable bonds is 6. The van der Waals surface area contributed by atoms with Crippen molar-refractivity contribution < 1.29 is 23.6 Å². The van der Waals surface area contributed by atoms with E-state index in [9.17, 15) is 19.2 Å². The number of piperidine rings is 3. The Morgan fingerprint density at radius 2 is 1.68 bits per heavy atom. The van der Waals surface area contributed by atoms with Gasteiger partial charge < -0.3 is 15.1 Å². The largest absolute Gasteiger partial charge is 0.371 e. The molecule has 0 spiro atoms. The summed E-state index contributed by atoms with van der Waals surface area (Å²) in [5.41, 5.74) is 0.0593. The molecule has 5 heterocycles. The van der Waals surface area contributed by atoms with E-state index in [0.29, 0.717) is 44.4 Å². The predicted octanol–water partition coefficient (Wildman–Crippen LogP) is 1.40. The number of carbonyl (C=O) groups is 4. The van der Waals surface area contributed by atoms with E-state index >= 15 is 4.39 Å². The first-order valence-electron chi connectivity index (χ1n) is 15.2. The lowest BCUT2D eigenvalue weighted by Gasteiger charge is -2.43. The van der Waals surface area contributed by atoms with Gasteiger partial charge in [-0.25, -0.2) is 4.39 Å². The number of amides is 4. The number of nitrogens with one attached hydrogen (secondary N) is 2. The Labute approximate surface area is 240 Å². The Kier molecular flexibility index (Phi) is 7.86. The van der Waals surface area contributed by atoms with Crippen molar-refractivity contribution in [2.24, 2.45) is 5.92 Å². The summed E-state index contributed by atoms with van der Waals surface area (Å²) in [4.78, 5) is 58.0. The number of anilines is 1. The van der Waals surface area contributed by atoms with Crippen LogP contribution >= 0.6 is 0 Å². The fourth-order valence-electron chi connectivity index (χ4n) is 7.19. The van der Waals surface area contributed by atoms with Gasteiger partial charge in [-0.05, 0) is 63.4 Å². The van der Waals surface area contributed by atoms with Gasteiger partial charge in [-0.2, -0.15) is 0 Å². The summed E-state index contributed by atoms with van der Waals surface area (Å²) in [5.74, 6) is -1.37. The zero-order valence-corrected chi connectivity index (χ0v) is 23.9. The van der Waals surface area contributed by atoms with Crippen LogP contribution in [0.3, 0.4) is 0 Å². The molecule has 2 N–H and O–H groups in total. The molecule has 4 amide bonds. The lowest BCUT2D eigenvalue weighted by Crippen LogP contribution is -2.54. The minimum atomic E-state index is -1.23. The highest BCUT2D eigenvalue weighted by Crippen LogP contribution is 2.35. The second kappa shape index (κ2) is 11.4. The van der Waals surface area contributed by atoms with Crippen LogP contribution in [0.25, 0.3) is 0 Å². The zero-order chi connectivity index (χ0) is 28.7. The summed E-state index contributed by atoms with van der Waals surface area (Å²) in [6.07, 6.45) is 3.28. The highest BCUT2D eigenvalue weighted by atomic mass is 19.1. The first-order chi connectivity index (χ1) is 19.7. The number of imide groups is 2. The third-order valence-electron chi connectivity index (χ3n) is 9.79. The molecule has 4 saturated heterocycles. The summed E-state index contributed by atoms with van der Waals surface area (Å²) in [7, 11) is 0. The first kappa shape index (κ1) is 28.2. The molecular weight excluding hydrogens is 527 g/mol. The van der Waals surface area contributed by atoms with Crippen molar-refractivity contribution in [3.8, 4) is 0 Å². The number of likely N-dealkylation sites (tertiary alicyclic amines) is 1. The molecule has 0 aliphatic carbocycles. The summed E-state index contributed by atoms with van der Waals surface area (Å²) < 4.78 is 16.0. The Bertz CT molecular complexity index is 1210. The van der Waals surface area contributed by atoms with Crippen LogP contribution < -0.4 is 15.5 Å². The summed E-state index contributed by atoms with van der Waals surface area (Å²) in [6, 6.07) is 4.71. The van der Waals surface area contributed by atoms with Gasteiger partial charge in [0.25, 0.3) is 11.8 Å². The summed E-state index contributed by atoms with van der Waals surface area (Å²) in [6.45, 7) is 10.1. The Morgan fingerprint density at radius 3 is 2.39 bits per heavy atom. The van der Waals surface area contributed by atoms with Gasteiger partial charge in [-0.15, -0.1) is 0 Å². The maximum Gasteiger partial charge on any atom is 0.262 e. The maximum atomic E-state index is 16.0. The molecule has 10 nitrogen and oxygen atoms in total. The third-order valence-corrected chi connectivity index (χ3v) is 9.79. The highest BCUT2D eigenvalue weighted by molar-refractivity contribution is 6.23. The number of hydrogen-bond donors (Lipinski definition) is 2. The van der Waals surface area contributed by atoms with Crippen LogP contribution in [-0.2, 0) is 9.59 Å². The molecule has 222 valence electrons. The fourth-order valence-corrected chi connectivity index (χ4v) is 7.19.